The molecule has 1 saturated heterocycles. The smallest absolute Gasteiger partial charge is 0.240 e. The summed E-state index contributed by atoms with van der Waals surface area (Å²) < 4.78 is 39.3. The van der Waals surface area contributed by atoms with Gasteiger partial charge in [0.2, 0.25) is 15.9 Å². The Balaban J connectivity index is 1.46. The summed E-state index contributed by atoms with van der Waals surface area (Å²) in [5.74, 6) is -0.573. The van der Waals surface area contributed by atoms with E-state index in [0.717, 1.165) is 17.2 Å². The summed E-state index contributed by atoms with van der Waals surface area (Å²) in [4.78, 5) is 32.4. The van der Waals surface area contributed by atoms with Crippen LogP contribution >= 0.6 is 0 Å². The number of fused-ring (bicyclic) bond motifs is 3. The summed E-state index contributed by atoms with van der Waals surface area (Å²) >= 11 is 0. The number of hydrogen-bond acceptors (Lipinski definition) is 7. The number of carbonyl (C=O) groups excluding carboxylic acids is 1. The van der Waals surface area contributed by atoms with Crippen molar-refractivity contribution >= 4 is 32.4 Å². The second-order valence-electron chi connectivity index (χ2n) is 8.84. The molecule has 0 saturated carbocycles. The van der Waals surface area contributed by atoms with Crippen LogP contribution in [-0.2, 0) is 26.8 Å². The van der Waals surface area contributed by atoms with Crippen LogP contribution in [0.1, 0.15) is 11.3 Å². The van der Waals surface area contributed by atoms with E-state index < -0.39 is 15.4 Å². The predicted octanol–water partition coefficient (Wildman–Crippen LogP) is 2.29. The first-order chi connectivity index (χ1) is 16.8. The van der Waals surface area contributed by atoms with Crippen LogP contribution in [0.5, 0.6) is 0 Å². The maximum absolute atomic E-state index is 13.9. The van der Waals surface area contributed by atoms with Crippen LogP contribution < -0.4 is 4.90 Å². The molecule has 4 aromatic rings. The number of benzene rings is 1. The highest BCUT2D eigenvalue weighted by Crippen LogP contribution is 2.48. The van der Waals surface area contributed by atoms with E-state index in [1.807, 2.05) is 0 Å². The van der Waals surface area contributed by atoms with E-state index in [4.69, 9.17) is 0 Å². The first-order valence-corrected chi connectivity index (χ1v) is 12.7. The van der Waals surface area contributed by atoms with E-state index >= 15 is 0 Å². The highest BCUT2D eigenvalue weighted by molar-refractivity contribution is 7.88. The lowest BCUT2D eigenvalue weighted by Crippen LogP contribution is -2.64. The molecule has 176 valence electrons. The average molecular weight is 491 g/mol. The Morgan fingerprint density at radius 1 is 1.06 bits per heavy atom. The predicted molar refractivity (Wildman–Crippen MR) is 126 cm³/mol. The number of pyridine rings is 2. The first kappa shape index (κ1) is 21.7. The van der Waals surface area contributed by atoms with Gasteiger partial charge < -0.3 is 4.90 Å². The van der Waals surface area contributed by atoms with Crippen molar-refractivity contribution in [1.82, 2.24) is 24.2 Å². The van der Waals surface area contributed by atoms with Crippen molar-refractivity contribution in [2.75, 3.05) is 24.2 Å². The van der Waals surface area contributed by atoms with Gasteiger partial charge in [0.1, 0.15) is 17.6 Å². The zero-order valence-electron chi connectivity index (χ0n) is 18.6. The molecule has 9 nitrogen and oxygen atoms in total. The number of aromatic nitrogens is 4. The highest BCUT2D eigenvalue weighted by atomic mass is 32.2. The molecule has 0 bridgehead atoms. The van der Waals surface area contributed by atoms with Gasteiger partial charge in [-0.05, 0) is 29.1 Å². The van der Waals surface area contributed by atoms with Gasteiger partial charge in [0.15, 0.2) is 0 Å². The quantitative estimate of drug-likeness (QED) is 0.432. The Hall–Kier alpha value is -3.83. The molecule has 3 aromatic heterocycles. The lowest BCUT2D eigenvalue weighted by atomic mass is 9.76. The summed E-state index contributed by atoms with van der Waals surface area (Å²) in [6, 6.07) is 6.23. The van der Waals surface area contributed by atoms with Gasteiger partial charge in [-0.3, -0.25) is 14.8 Å². The number of halogens is 1. The van der Waals surface area contributed by atoms with E-state index in [9.17, 15) is 17.6 Å². The number of amides is 1. The molecule has 0 aliphatic carbocycles. The number of hydrogen-bond donors (Lipinski definition) is 0. The molecule has 5 heterocycles. The van der Waals surface area contributed by atoms with Crippen LogP contribution in [0.25, 0.3) is 21.9 Å². The average Bonchev–Trinajstić information content (AvgIpc) is 3.06. The van der Waals surface area contributed by atoms with Crippen molar-refractivity contribution in [1.29, 1.82) is 0 Å². The molecule has 0 N–H and O–H groups in total. The Labute approximate surface area is 200 Å². The molecule has 2 aliphatic heterocycles. The fraction of sp³-hybridized carbons (Fsp3) is 0.208. The van der Waals surface area contributed by atoms with Crippen molar-refractivity contribution in [3.05, 3.63) is 78.7 Å². The molecular formula is C24H19FN6O3S. The third-order valence-corrected chi connectivity index (χ3v) is 7.91. The highest BCUT2D eigenvalue weighted by Gasteiger charge is 2.60. The zero-order valence-corrected chi connectivity index (χ0v) is 19.4. The molecule has 11 heteroatoms. The van der Waals surface area contributed by atoms with Crippen LogP contribution in [0.4, 0.5) is 10.1 Å². The van der Waals surface area contributed by atoms with Gasteiger partial charge in [0.25, 0.3) is 0 Å². The molecule has 6 rings (SSSR count). The third kappa shape index (κ3) is 3.30. The summed E-state index contributed by atoms with van der Waals surface area (Å²) in [5, 5.41) is 1.37. The Kier molecular flexibility index (Phi) is 4.70. The lowest BCUT2D eigenvalue weighted by Gasteiger charge is -2.45. The number of nitrogens with zero attached hydrogens (tertiary/aromatic N) is 6. The molecule has 35 heavy (non-hydrogen) atoms. The minimum atomic E-state index is -3.41. The van der Waals surface area contributed by atoms with Crippen molar-refractivity contribution in [2.45, 2.75) is 12.0 Å². The Bertz CT molecular complexity index is 1610. The fourth-order valence-electron chi connectivity index (χ4n) is 5.00. The summed E-state index contributed by atoms with van der Waals surface area (Å²) in [6.45, 7) is 0.291. The van der Waals surface area contributed by atoms with Gasteiger partial charge >= 0.3 is 0 Å². The molecule has 0 unspecified atom stereocenters. The van der Waals surface area contributed by atoms with Gasteiger partial charge in [-0.2, -0.15) is 4.31 Å². The summed E-state index contributed by atoms with van der Waals surface area (Å²) in [5.41, 5.74) is 2.41. The largest absolute Gasteiger partial charge is 0.304 e. The van der Waals surface area contributed by atoms with Crippen molar-refractivity contribution in [3.8, 4) is 11.1 Å². The molecule has 1 amide bonds. The molecule has 1 aromatic carbocycles. The van der Waals surface area contributed by atoms with Crippen LogP contribution in [0.2, 0.25) is 0 Å². The van der Waals surface area contributed by atoms with Crippen molar-refractivity contribution < 1.29 is 17.6 Å². The molecular weight excluding hydrogens is 471 g/mol. The summed E-state index contributed by atoms with van der Waals surface area (Å²) in [7, 11) is -3.41. The van der Waals surface area contributed by atoms with Crippen LogP contribution in [0.15, 0.2) is 61.6 Å². The van der Waals surface area contributed by atoms with Gasteiger partial charge in [0, 0.05) is 54.4 Å². The maximum Gasteiger partial charge on any atom is 0.240 e. The maximum atomic E-state index is 13.9. The zero-order chi connectivity index (χ0) is 24.4. The summed E-state index contributed by atoms with van der Waals surface area (Å²) in [6.07, 6.45) is 10.7. The van der Waals surface area contributed by atoms with E-state index in [2.05, 4.69) is 19.9 Å². The minimum absolute atomic E-state index is 0.0853. The third-order valence-electron chi connectivity index (χ3n) is 6.71. The number of sulfonamides is 1. The second kappa shape index (κ2) is 7.59. The number of anilines is 1. The van der Waals surface area contributed by atoms with Crippen LogP contribution in [0.3, 0.4) is 0 Å². The van der Waals surface area contributed by atoms with E-state index in [1.165, 1.54) is 22.8 Å². The molecule has 0 atom stereocenters. The first-order valence-electron chi connectivity index (χ1n) is 10.8. The van der Waals surface area contributed by atoms with Gasteiger partial charge in [0.05, 0.1) is 30.4 Å². The fourth-order valence-corrected chi connectivity index (χ4v) is 5.91. The van der Waals surface area contributed by atoms with E-state index in [0.29, 0.717) is 27.9 Å². The van der Waals surface area contributed by atoms with Gasteiger partial charge in [-0.25, -0.2) is 22.8 Å². The minimum Gasteiger partial charge on any atom is -0.304 e. The van der Waals surface area contributed by atoms with Crippen LogP contribution in [-0.4, -0.2) is 57.9 Å². The molecule has 2 aliphatic rings. The molecule has 0 radical (unpaired) electrons. The molecule has 1 spiro atoms. The molecule has 1 fully saturated rings. The van der Waals surface area contributed by atoms with Gasteiger partial charge in [-0.15, -0.1) is 0 Å². The lowest BCUT2D eigenvalue weighted by molar-refractivity contribution is -0.127. The monoisotopic (exact) mass is 490 g/mol. The standard InChI is InChI=1S/C24H19FN6O3S/c1-35(33,34)30-12-24(13-30)19-4-5-26-10-21(19)31(23(24)32)11-20-22(16-7-27-14-28-8-16)18-3-2-17(25)6-15(18)9-29-20/h2-10,14H,11-13H2,1H3. The van der Waals surface area contributed by atoms with Crippen molar-refractivity contribution in [2.24, 2.45) is 0 Å². The Morgan fingerprint density at radius 2 is 1.83 bits per heavy atom. The van der Waals surface area contributed by atoms with E-state index in [1.54, 1.807) is 48.0 Å². The van der Waals surface area contributed by atoms with Gasteiger partial charge in [-0.1, -0.05) is 6.07 Å². The normalized spacial score (nSPS) is 17.1. The SMILES string of the molecule is CS(=O)(=O)N1CC2(C1)C(=O)N(Cc1ncc3cc(F)ccc3c1-c1cncnc1)c1cnccc12. The topological polar surface area (TPSA) is 109 Å². The van der Waals surface area contributed by atoms with E-state index in [-0.39, 0.29) is 31.4 Å². The van der Waals surface area contributed by atoms with Crippen LogP contribution in [0, 0.1) is 5.82 Å². The number of carbonyl (C=O) groups is 1. The van der Waals surface area contributed by atoms with Crippen molar-refractivity contribution in [3.63, 3.8) is 0 Å². The second-order valence-corrected chi connectivity index (χ2v) is 10.8. The number of rotatable bonds is 4. The Morgan fingerprint density at radius 3 is 2.57 bits per heavy atom.